The lowest BCUT2D eigenvalue weighted by molar-refractivity contribution is 0.396. The largest absolute Gasteiger partial charge is 0.351 e. The monoisotopic (exact) mass is 333 g/mol. The minimum atomic E-state index is -0.674. The molecular weight excluding hydrogens is 316 g/mol. The van der Waals surface area contributed by atoms with Crippen molar-refractivity contribution in [1.82, 2.24) is 10.3 Å². The number of hydrogen-bond acceptors (Lipinski definition) is 2. The first-order valence-electron chi connectivity index (χ1n) is 7.55. The lowest BCUT2D eigenvalue weighted by Crippen LogP contribution is -2.46. The van der Waals surface area contributed by atoms with Gasteiger partial charge in [-0.25, -0.2) is 8.78 Å². The molecule has 0 spiro atoms. The minimum absolute atomic E-state index is 0.151. The predicted octanol–water partition coefficient (Wildman–Crippen LogP) is 4.12. The van der Waals surface area contributed by atoms with Crippen LogP contribution in [0.4, 0.5) is 14.5 Å². The normalized spacial score (nSPS) is 16.1. The van der Waals surface area contributed by atoms with Crippen LogP contribution in [0.2, 0.25) is 0 Å². The van der Waals surface area contributed by atoms with E-state index in [-0.39, 0.29) is 11.2 Å². The van der Waals surface area contributed by atoms with Crippen molar-refractivity contribution in [2.24, 2.45) is 0 Å². The minimum Gasteiger partial charge on any atom is -0.351 e. The highest BCUT2D eigenvalue weighted by Gasteiger charge is 2.37. The second-order valence-electron chi connectivity index (χ2n) is 5.71. The molecule has 0 atom stereocenters. The maximum absolute atomic E-state index is 13.7. The Balaban J connectivity index is 1.77. The van der Waals surface area contributed by atoms with Crippen LogP contribution in [0.25, 0.3) is 0 Å². The van der Waals surface area contributed by atoms with E-state index in [0.29, 0.717) is 5.11 Å². The zero-order valence-corrected chi connectivity index (χ0v) is 13.3. The highest BCUT2D eigenvalue weighted by Crippen LogP contribution is 2.37. The molecule has 3 nitrogen and oxygen atoms in total. The van der Waals surface area contributed by atoms with E-state index in [1.54, 1.807) is 6.20 Å². The number of thiocarbonyl (C=S) groups is 1. The van der Waals surface area contributed by atoms with Gasteiger partial charge in [-0.15, -0.1) is 0 Å². The third-order valence-electron chi connectivity index (χ3n) is 4.14. The Kier molecular flexibility index (Phi) is 4.52. The van der Waals surface area contributed by atoms with E-state index in [0.717, 1.165) is 37.4 Å². The Morgan fingerprint density at radius 2 is 1.91 bits per heavy atom. The van der Waals surface area contributed by atoms with Crippen molar-refractivity contribution in [2.45, 2.75) is 31.2 Å². The highest BCUT2D eigenvalue weighted by atomic mass is 32.1. The van der Waals surface area contributed by atoms with Crippen LogP contribution in [-0.4, -0.2) is 10.1 Å². The molecule has 0 saturated heterocycles. The molecule has 6 heteroatoms. The molecule has 1 heterocycles. The van der Waals surface area contributed by atoms with Gasteiger partial charge in [-0.2, -0.15) is 0 Å². The van der Waals surface area contributed by atoms with Crippen LogP contribution in [0.3, 0.4) is 0 Å². The molecule has 1 aliphatic rings. The second kappa shape index (κ2) is 6.58. The van der Waals surface area contributed by atoms with Gasteiger partial charge in [0.2, 0.25) is 0 Å². The van der Waals surface area contributed by atoms with Gasteiger partial charge in [0.15, 0.2) is 5.11 Å². The Morgan fingerprint density at radius 3 is 2.57 bits per heavy atom. The number of anilines is 1. The molecular formula is C17H17F2N3S. The summed E-state index contributed by atoms with van der Waals surface area (Å²) in [7, 11) is 0. The first-order valence-corrected chi connectivity index (χ1v) is 7.96. The van der Waals surface area contributed by atoms with Gasteiger partial charge in [0.25, 0.3) is 0 Å². The van der Waals surface area contributed by atoms with Crippen LogP contribution in [0.15, 0.2) is 42.6 Å². The molecule has 1 aromatic heterocycles. The summed E-state index contributed by atoms with van der Waals surface area (Å²) in [6, 6.07) is 9.14. The van der Waals surface area contributed by atoms with E-state index in [1.165, 1.54) is 12.1 Å². The van der Waals surface area contributed by atoms with Crippen molar-refractivity contribution in [3.8, 4) is 0 Å². The summed E-state index contributed by atoms with van der Waals surface area (Å²) in [6.45, 7) is 0. The Morgan fingerprint density at radius 1 is 1.13 bits per heavy atom. The number of aromatic nitrogens is 1. The van der Waals surface area contributed by atoms with Crippen molar-refractivity contribution in [2.75, 3.05) is 5.32 Å². The van der Waals surface area contributed by atoms with Gasteiger partial charge in [-0.05, 0) is 49.3 Å². The van der Waals surface area contributed by atoms with Gasteiger partial charge in [0, 0.05) is 12.3 Å². The zero-order valence-electron chi connectivity index (χ0n) is 12.5. The van der Waals surface area contributed by atoms with Crippen molar-refractivity contribution >= 4 is 23.0 Å². The zero-order chi connectivity index (χ0) is 16.3. The molecule has 2 N–H and O–H groups in total. The van der Waals surface area contributed by atoms with Gasteiger partial charge >= 0.3 is 0 Å². The Labute approximate surface area is 139 Å². The molecule has 3 rings (SSSR count). The van der Waals surface area contributed by atoms with Crippen molar-refractivity contribution < 1.29 is 8.78 Å². The average Bonchev–Trinajstić information content (AvgIpc) is 3.01. The number of nitrogens with one attached hydrogen (secondary N) is 2. The first kappa shape index (κ1) is 15.8. The van der Waals surface area contributed by atoms with Gasteiger partial charge in [0.05, 0.1) is 16.9 Å². The summed E-state index contributed by atoms with van der Waals surface area (Å²) in [5, 5.41) is 6.41. The lowest BCUT2D eigenvalue weighted by atomic mass is 9.93. The van der Waals surface area contributed by atoms with E-state index >= 15 is 0 Å². The molecule has 1 saturated carbocycles. The van der Waals surface area contributed by atoms with Crippen LogP contribution in [0.5, 0.6) is 0 Å². The van der Waals surface area contributed by atoms with Crippen molar-refractivity contribution in [1.29, 1.82) is 0 Å². The first-order chi connectivity index (χ1) is 11.1. The molecule has 0 amide bonds. The van der Waals surface area contributed by atoms with E-state index < -0.39 is 11.6 Å². The number of hydrogen-bond donors (Lipinski definition) is 2. The SMILES string of the molecule is Fc1ccc(NC(=S)NC2(c3ccccn3)CCCC2)c(F)c1. The molecule has 0 aliphatic heterocycles. The predicted molar refractivity (Wildman–Crippen MR) is 90.1 cm³/mol. The highest BCUT2D eigenvalue weighted by molar-refractivity contribution is 7.80. The van der Waals surface area contributed by atoms with Gasteiger partial charge in [0.1, 0.15) is 11.6 Å². The molecule has 23 heavy (non-hydrogen) atoms. The van der Waals surface area contributed by atoms with Gasteiger partial charge in [-0.3, -0.25) is 4.98 Å². The number of nitrogens with zero attached hydrogens (tertiary/aromatic N) is 1. The van der Waals surface area contributed by atoms with Crippen LogP contribution >= 0.6 is 12.2 Å². The topological polar surface area (TPSA) is 37.0 Å². The number of rotatable bonds is 3. The van der Waals surface area contributed by atoms with Crippen molar-refractivity contribution in [3.63, 3.8) is 0 Å². The molecule has 1 fully saturated rings. The molecule has 0 unspecified atom stereocenters. The fourth-order valence-corrected chi connectivity index (χ4v) is 3.34. The summed E-state index contributed by atoms with van der Waals surface area (Å²) >= 11 is 5.33. The van der Waals surface area contributed by atoms with E-state index in [1.807, 2.05) is 18.2 Å². The summed E-state index contributed by atoms with van der Waals surface area (Å²) in [5.41, 5.74) is 0.751. The molecule has 0 radical (unpaired) electrons. The fraction of sp³-hybridized carbons (Fsp3) is 0.294. The number of pyridine rings is 1. The lowest BCUT2D eigenvalue weighted by Gasteiger charge is -2.31. The molecule has 1 aromatic carbocycles. The third-order valence-corrected chi connectivity index (χ3v) is 4.35. The van der Waals surface area contributed by atoms with Crippen LogP contribution < -0.4 is 10.6 Å². The summed E-state index contributed by atoms with van der Waals surface area (Å²) in [4.78, 5) is 4.45. The van der Waals surface area contributed by atoms with Crippen LogP contribution in [0, 0.1) is 11.6 Å². The summed E-state index contributed by atoms with van der Waals surface area (Å²) in [6.07, 6.45) is 5.75. The van der Waals surface area contributed by atoms with Crippen molar-refractivity contribution in [3.05, 3.63) is 59.9 Å². The van der Waals surface area contributed by atoms with Gasteiger partial charge < -0.3 is 10.6 Å². The third kappa shape index (κ3) is 3.47. The second-order valence-corrected chi connectivity index (χ2v) is 6.12. The van der Waals surface area contributed by atoms with Crippen LogP contribution in [0.1, 0.15) is 31.4 Å². The quantitative estimate of drug-likeness (QED) is 0.829. The fourth-order valence-electron chi connectivity index (χ4n) is 3.03. The van der Waals surface area contributed by atoms with Crippen LogP contribution in [-0.2, 0) is 5.54 Å². The molecule has 0 bridgehead atoms. The smallest absolute Gasteiger partial charge is 0.171 e. The Bertz CT molecular complexity index is 700. The van der Waals surface area contributed by atoms with E-state index in [2.05, 4.69) is 15.6 Å². The molecule has 120 valence electrons. The molecule has 1 aliphatic carbocycles. The maximum atomic E-state index is 13.7. The summed E-state index contributed by atoms with van der Waals surface area (Å²) in [5.74, 6) is -1.29. The van der Waals surface area contributed by atoms with E-state index in [4.69, 9.17) is 12.2 Å². The average molecular weight is 333 g/mol. The molecule has 2 aromatic rings. The number of halogens is 2. The maximum Gasteiger partial charge on any atom is 0.171 e. The standard InChI is InChI=1S/C17H17F2N3S/c18-12-6-7-14(13(19)11-12)21-16(23)22-17(8-2-3-9-17)15-5-1-4-10-20-15/h1,4-7,10-11H,2-3,8-9H2,(H2,21,22,23). The van der Waals surface area contributed by atoms with E-state index in [9.17, 15) is 8.78 Å². The Hall–Kier alpha value is -2.08. The number of benzene rings is 1. The summed E-state index contributed by atoms with van der Waals surface area (Å²) < 4.78 is 26.7. The van der Waals surface area contributed by atoms with Gasteiger partial charge in [-0.1, -0.05) is 18.9 Å².